The molecule has 0 spiro atoms. The first-order valence-corrected chi connectivity index (χ1v) is 12.2. The minimum Gasteiger partial charge on any atom is -0.345 e. The van der Waals surface area contributed by atoms with Crippen LogP contribution in [0.3, 0.4) is 0 Å². The van der Waals surface area contributed by atoms with Crippen LogP contribution in [0.25, 0.3) is 11.3 Å². The molecule has 3 N–H and O–H groups in total. The van der Waals surface area contributed by atoms with Crippen molar-refractivity contribution in [3.05, 3.63) is 75.3 Å². The standard InChI is InChI=1S/C21H16Cl2N6O2S2/c22-14-5-1-12(2-6-14)16-10-32-20(25-16)27-18(30)11-33-21-26-17(28-29-21)9-24-19(31)13-3-7-15(23)8-4-13/h1-8,10H,9,11H2,(H,24,31)(H,25,27,30)(H,26,28,29). The Hall–Kier alpha value is -2.92. The van der Waals surface area contributed by atoms with E-state index in [2.05, 4.69) is 30.8 Å². The molecule has 0 aliphatic rings. The quantitative estimate of drug-likeness (QED) is 0.286. The fourth-order valence-electron chi connectivity index (χ4n) is 2.66. The summed E-state index contributed by atoms with van der Waals surface area (Å²) in [6, 6.07) is 13.9. The number of anilines is 1. The van der Waals surface area contributed by atoms with Crippen molar-refractivity contribution in [3.8, 4) is 11.3 Å². The Morgan fingerprint density at radius 3 is 2.42 bits per heavy atom. The largest absolute Gasteiger partial charge is 0.345 e. The van der Waals surface area contributed by atoms with Gasteiger partial charge in [0, 0.05) is 26.6 Å². The van der Waals surface area contributed by atoms with E-state index in [4.69, 9.17) is 23.2 Å². The molecule has 0 atom stereocenters. The third kappa shape index (κ3) is 6.55. The molecular weight excluding hydrogens is 503 g/mol. The molecule has 2 heterocycles. The molecule has 0 saturated carbocycles. The second-order valence-corrected chi connectivity index (χ2v) is 9.31. The summed E-state index contributed by atoms with van der Waals surface area (Å²) in [4.78, 5) is 33.1. The first-order chi connectivity index (χ1) is 16.0. The third-order valence-corrected chi connectivity index (χ3v) is 6.37. The first kappa shape index (κ1) is 23.2. The average Bonchev–Trinajstić information content (AvgIpc) is 3.47. The van der Waals surface area contributed by atoms with Crippen molar-refractivity contribution in [1.82, 2.24) is 25.5 Å². The molecule has 0 unspecified atom stereocenters. The summed E-state index contributed by atoms with van der Waals surface area (Å²) in [5, 5.41) is 16.3. The molecule has 2 amide bonds. The van der Waals surface area contributed by atoms with Crippen molar-refractivity contribution in [1.29, 1.82) is 0 Å². The second-order valence-electron chi connectivity index (χ2n) is 6.64. The Kier molecular flexibility index (Phi) is 7.61. The number of halogens is 2. The Bertz CT molecular complexity index is 1260. The normalized spacial score (nSPS) is 10.7. The maximum Gasteiger partial charge on any atom is 0.251 e. The number of hydrogen-bond donors (Lipinski definition) is 3. The van der Waals surface area contributed by atoms with E-state index >= 15 is 0 Å². The summed E-state index contributed by atoms with van der Waals surface area (Å²) in [6.07, 6.45) is 0. The predicted octanol–water partition coefficient (Wildman–Crippen LogP) is 4.90. The Morgan fingerprint density at radius 2 is 1.70 bits per heavy atom. The van der Waals surface area contributed by atoms with Gasteiger partial charge in [0.1, 0.15) is 5.82 Å². The summed E-state index contributed by atoms with van der Waals surface area (Å²) in [6.45, 7) is 0.174. The van der Waals surface area contributed by atoms with E-state index in [1.807, 2.05) is 17.5 Å². The van der Waals surface area contributed by atoms with Crippen LogP contribution in [0.15, 0.2) is 59.1 Å². The monoisotopic (exact) mass is 518 g/mol. The maximum absolute atomic E-state index is 12.3. The van der Waals surface area contributed by atoms with E-state index in [1.54, 1.807) is 36.4 Å². The minimum atomic E-state index is -0.252. The van der Waals surface area contributed by atoms with E-state index in [0.29, 0.717) is 31.7 Å². The molecule has 12 heteroatoms. The highest BCUT2D eigenvalue weighted by Gasteiger charge is 2.12. The fourth-order valence-corrected chi connectivity index (χ4v) is 4.26. The van der Waals surface area contributed by atoms with Gasteiger partial charge in [-0.05, 0) is 36.4 Å². The van der Waals surface area contributed by atoms with Gasteiger partial charge in [0.2, 0.25) is 11.1 Å². The number of hydrogen-bond acceptors (Lipinski definition) is 7. The number of carbonyl (C=O) groups is 2. The molecule has 33 heavy (non-hydrogen) atoms. The van der Waals surface area contributed by atoms with Crippen molar-refractivity contribution >= 4 is 63.2 Å². The van der Waals surface area contributed by atoms with Crippen molar-refractivity contribution in [2.24, 2.45) is 0 Å². The number of thioether (sulfide) groups is 1. The van der Waals surface area contributed by atoms with Crippen molar-refractivity contribution in [2.45, 2.75) is 11.7 Å². The van der Waals surface area contributed by atoms with E-state index in [9.17, 15) is 9.59 Å². The number of aromatic amines is 1. The lowest BCUT2D eigenvalue weighted by molar-refractivity contribution is -0.113. The lowest BCUT2D eigenvalue weighted by atomic mass is 10.2. The molecule has 4 rings (SSSR count). The smallest absolute Gasteiger partial charge is 0.251 e. The number of amides is 2. The lowest BCUT2D eigenvalue weighted by Crippen LogP contribution is -2.23. The maximum atomic E-state index is 12.3. The number of nitrogens with zero attached hydrogens (tertiary/aromatic N) is 3. The molecule has 4 aromatic rings. The summed E-state index contributed by atoms with van der Waals surface area (Å²) in [5.41, 5.74) is 2.17. The minimum absolute atomic E-state index is 0.115. The van der Waals surface area contributed by atoms with Crippen LogP contribution in [0.4, 0.5) is 5.13 Å². The van der Waals surface area contributed by atoms with E-state index < -0.39 is 0 Å². The molecule has 0 bridgehead atoms. The van der Waals surface area contributed by atoms with Crippen LogP contribution >= 0.6 is 46.3 Å². The lowest BCUT2D eigenvalue weighted by Gasteiger charge is -2.02. The van der Waals surface area contributed by atoms with Crippen molar-refractivity contribution < 1.29 is 9.59 Å². The first-order valence-electron chi connectivity index (χ1n) is 9.55. The second kappa shape index (κ2) is 10.8. The van der Waals surface area contributed by atoms with Gasteiger partial charge < -0.3 is 10.6 Å². The van der Waals surface area contributed by atoms with Crippen LogP contribution in [0, 0.1) is 0 Å². The predicted molar refractivity (Wildman–Crippen MR) is 131 cm³/mol. The number of rotatable bonds is 8. The topological polar surface area (TPSA) is 113 Å². The number of thiazole rings is 1. The van der Waals surface area contributed by atoms with Gasteiger partial charge in [-0.25, -0.2) is 9.97 Å². The van der Waals surface area contributed by atoms with E-state index in [1.165, 1.54) is 23.1 Å². The zero-order valence-electron chi connectivity index (χ0n) is 16.8. The number of aromatic nitrogens is 4. The van der Waals surface area contributed by atoms with E-state index in [0.717, 1.165) is 11.3 Å². The van der Waals surface area contributed by atoms with Gasteiger partial charge >= 0.3 is 0 Å². The Morgan fingerprint density at radius 1 is 1.00 bits per heavy atom. The van der Waals surface area contributed by atoms with Gasteiger partial charge in [-0.15, -0.1) is 16.4 Å². The molecule has 0 saturated heterocycles. The highest BCUT2D eigenvalue weighted by molar-refractivity contribution is 7.99. The number of H-pyrrole nitrogens is 1. The van der Waals surface area contributed by atoms with Crippen molar-refractivity contribution in [2.75, 3.05) is 11.1 Å². The third-order valence-electron chi connectivity index (χ3n) is 4.26. The molecule has 168 valence electrons. The molecule has 0 radical (unpaired) electrons. The van der Waals surface area contributed by atoms with Gasteiger partial charge in [-0.2, -0.15) is 0 Å². The van der Waals surface area contributed by atoms with E-state index in [-0.39, 0.29) is 24.1 Å². The van der Waals surface area contributed by atoms with Gasteiger partial charge in [0.15, 0.2) is 5.13 Å². The van der Waals surface area contributed by atoms with Crippen LogP contribution < -0.4 is 10.6 Å². The number of nitrogens with one attached hydrogen (secondary N) is 3. The van der Waals surface area contributed by atoms with Crippen LogP contribution in [-0.4, -0.2) is 37.7 Å². The molecule has 0 aliphatic heterocycles. The fraction of sp³-hybridized carbons (Fsp3) is 0.0952. The van der Waals surface area contributed by atoms with Gasteiger partial charge in [0.05, 0.1) is 18.0 Å². The molecule has 0 fully saturated rings. The zero-order valence-corrected chi connectivity index (χ0v) is 20.0. The Balaban J connectivity index is 1.23. The molecule has 2 aromatic carbocycles. The average molecular weight is 519 g/mol. The van der Waals surface area contributed by atoms with Crippen LogP contribution in [0.2, 0.25) is 10.0 Å². The van der Waals surface area contributed by atoms with Crippen LogP contribution in [-0.2, 0) is 11.3 Å². The number of carbonyl (C=O) groups excluding carboxylic acids is 2. The van der Waals surface area contributed by atoms with Gasteiger partial charge in [-0.1, -0.05) is 47.1 Å². The summed E-state index contributed by atoms with van der Waals surface area (Å²) >= 11 is 14.3. The SMILES string of the molecule is O=C(CSc1n[nH]c(CNC(=O)c2ccc(Cl)cc2)n1)Nc1nc(-c2ccc(Cl)cc2)cs1. The summed E-state index contributed by atoms with van der Waals surface area (Å²) in [5.74, 6) is 0.120. The highest BCUT2D eigenvalue weighted by atomic mass is 35.5. The Labute approximate surface area is 207 Å². The van der Waals surface area contributed by atoms with Crippen molar-refractivity contribution in [3.63, 3.8) is 0 Å². The highest BCUT2D eigenvalue weighted by Crippen LogP contribution is 2.26. The number of benzene rings is 2. The molecule has 0 aliphatic carbocycles. The van der Waals surface area contributed by atoms with Crippen LogP contribution in [0.5, 0.6) is 0 Å². The summed E-state index contributed by atoms with van der Waals surface area (Å²) < 4.78 is 0. The van der Waals surface area contributed by atoms with Gasteiger partial charge in [-0.3, -0.25) is 14.7 Å². The molecule has 8 nitrogen and oxygen atoms in total. The summed E-state index contributed by atoms with van der Waals surface area (Å²) in [7, 11) is 0. The molecular formula is C21H16Cl2N6O2S2. The molecule has 2 aromatic heterocycles. The van der Waals surface area contributed by atoms with Crippen LogP contribution in [0.1, 0.15) is 16.2 Å². The zero-order chi connectivity index (χ0) is 23.2. The van der Waals surface area contributed by atoms with Gasteiger partial charge in [0.25, 0.3) is 5.91 Å².